The first-order valence-electron chi connectivity index (χ1n) is 4.08. The fourth-order valence-corrected chi connectivity index (χ4v) is 1.79. The summed E-state index contributed by atoms with van der Waals surface area (Å²) < 4.78 is 41.7. The molecular formula is C8H8F3NO2S. The maximum absolute atomic E-state index is 12.4. The molecule has 84 valence electrons. The van der Waals surface area contributed by atoms with E-state index in [0.717, 1.165) is 0 Å². The number of ether oxygens (including phenoxy) is 1. The number of rotatable bonds is 2. The number of carbonyl (C=O) groups is 1. The van der Waals surface area contributed by atoms with Gasteiger partial charge in [-0.3, -0.25) is 0 Å². The number of halogens is 3. The van der Waals surface area contributed by atoms with Gasteiger partial charge in [-0.2, -0.15) is 13.2 Å². The zero-order valence-electron chi connectivity index (χ0n) is 8.01. The van der Waals surface area contributed by atoms with Crippen LogP contribution in [0.3, 0.4) is 0 Å². The standard InChI is InChI=1S/C8H8F3NO2S/c1-3-14-7(13)5-6(8(9,10)11)12-4(2)15-5/h3H2,1-2H3. The molecule has 0 unspecified atom stereocenters. The van der Waals surface area contributed by atoms with Gasteiger partial charge in [0.25, 0.3) is 0 Å². The van der Waals surface area contributed by atoms with Gasteiger partial charge in [-0.1, -0.05) is 0 Å². The Labute approximate surface area is 87.9 Å². The minimum Gasteiger partial charge on any atom is -0.462 e. The Hall–Kier alpha value is -1.11. The van der Waals surface area contributed by atoms with Gasteiger partial charge in [0.2, 0.25) is 0 Å². The van der Waals surface area contributed by atoms with Gasteiger partial charge in [-0.25, -0.2) is 9.78 Å². The van der Waals surface area contributed by atoms with E-state index in [-0.39, 0.29) is 11.6 Å². The quantitative estimate of drug-likeness (QED) is 0.745. The van der Waals surface area contributed by atoms with Crippen LogP contribution in [-0.4, -0.2) is 17.6 Å². The second-order valence-corrected chi connectivity index (χ2v) is 3.83. The lowest BCUT2D eigenvalue weighted by Crippen LogP contribution is -2.13. The third-order valence-electron chi connectivity index (χ3n) is 1.46. The SMILES string of the molecule is CCOC(=O)c1sc(C)nc1C(F)(F)F. The predicted octanol–water partition coefficient (Wildman–Crippen LogP) is 2.65. The molecule has 0 aliphatic heterocycles. The summed E-state index contributed by atoms with van der Waals surface area (Å²) in [6, 6.07) is 0. The minimum atomic E-state index is -4.62. The van der Waals surface area contributed by atoms with Gasteiger partial charge in [0.1, 0.15) is 4.88 Å². The molecule has 0 spiro atoms. The van der Waals surface area contributed by atoms with E-state index < -0.39 is 22.7 Å². The highest BCUT2D eigenvalue weighted by atomic mass is 32.1. The predicted molar refractivity (Wildman–Crippen MR) is 47.8 cm³/mol. The monoisotopic (exact) mass is 239 g/mol. The molecule has 0 bridgehead atoms. The lowest BCUT2D eigenvalue weighted by Gasteiger charge is -2.05. The zero-order chi connectivity index (χ0) is 11.6. The van der Waals surface area contributed by atoms with Gasteiger partial charge in [-0.15, -0.1) is 11.3 Å². The fraction of sp³-hybridized carbons (Fsp3) is 0.500. The first-order chi connectivity index (χ1) is 6.86. The van der Waals surface area contributed by atoms with Gasteiger partial charge < -0.3 is 4.74 Å². The van der Waals surface area contributed by atoms with Crippen molar-refractivity contribution in [3.63, 3.8) is 0 Å². The Bertz CT molecular complexity index is 372. The number of alkyl halides is 3. The summed E-state index contributed by atoms with van der Waals surface area (Å²) in [7, 11) is 0. The number of thiazole rings is 1. The lowest BCUT2D eigenvalue weighted by molar-refractivity contribution is -0.141. The van der Waals surface area contributed by atoms with Gasteiger partial charge in [0, 0.05) is 0 Å². The summed E-state index contributed by atoms with van der Waals surface area (Å²) in [5.41, 5.74) is -1.16. The number of nitrogens with zero attached hydrogens (tertiary/aromatic N) is 1. The number of hydrogen-bond donors (Lipinski definition) is 0. The van der Waals surface area contributed by atoms with Crippen molar-refractivity contribution >= 4 is 17.3 Å². The molecule has 0 fully saturated rings. The molecule has 1 heterocycles. The second kappa shape index (κ2) is 4.18. The molecule has 0 saturated heterocycles. The molecule has 0 atom stereocenters. The molecule has 3 nitrogen and oxygen atoms in total. The Morgan fingerprint density at radius 3 is 2.60 bits per heavy atom. The average Bonchev–Trinajstić information content (AvgIpc) is 2.47. The molecule has 0 N–H and O–H groups in total. The highest BCUT2D eigenvalue weighted by molar-refractivity contribution is 7.13. The van der Waals surface area contributed by atoms with Crippen LogP contribution in [0.25, 0.3) is 0 Å². The Morgan fingerprint density at radius 2 is 2.13 bits per heavy atom. The van der Waals surface area contributed by atoms with Crippen molar-refractivity contribution in [3.05, 3.63) is 15.6 Å². The van der Waals surface area contributed by atoms with Gasteiger partial charge in [0.05, 0.1) is 11.6 Å². The molecular weight excluding hydrogens is 231 g/mol. The van der Waals surface area contributed by atoms with E-state index in [9.17, 15) is 18.0 Å². The smallest absolute Gasteiger partial charge is 0.435 e. The van der Waals surface area contributed by atoms with Crippen molar-refractivity contribution in [1.82, 2.24) is 4.98 Å². The van der Waals surface area contributed by atoms with E-state index in [2.05, 4.69) is 9.72 Å². The first kappa shape index (κ1) is 12.0. The lowest BCUT2D eigenvalue weighted by atomic mass is 10.3. The molecule has 0 aromatic carbocycles. The van der Waals surface area contributed by atoms with E-state index in [4.69, 9.17) is 0 Å². The van der Waals surface area contributed by atoms with E-state index in [1.165, 1.54) is 13.8 Å². The largest absolute Gasteiger partial charge is 0.462 e. The van der Waals surface area contributed by atoms with Crippen LogP contribution in [0, 0.1) is 6.92 Å². The van der Waals surface area contributed by atoms with E-state index >= 15 is 0 Å². The van der Waals surface area contributed by atoms with Crippen molar-refractivity contribution in [3.8, 4) is 0 Å². The minimum absolute atomic E-state index is 0.0348. The number of esters is 1. The number of aryl methyl sites for hydroxylation is 1. The molecule has 0 aliphatic carbocycles. The molecule has 15 heavy (non-hydrogen) atoms. The highest BCUT2D eigenvalue weighted by Crippen LogP contribution is 2.34. The van der Waals surface area contributed by atoms with Crippen LogP contribution < -0.4 is 0 Å². The number of hydrogen-bond acceptors (Lipinski definition) is 4. The van der Waals surface area contributed by atoms with Crippen LogP contribution in [0.1, 0.15) is 27.3 Å². The van der Waals surface area contributed by atoms with Crippen molar-refractivity contribution in [2.45, 2.75) is 20.0 Å². The summed E-state index contributed by atoms with van der Waals surface area (Å²) in [5, 5.41) is 0.186. The molecule has 1 rings (SSSR count). The summed E-state index contributed by atoms with van der Waals surface area (Å²) in [5.74, 6) is -0.976. The molecule has 0 aliphatic rings. The Kier molecular flexibility index (Phi) is 3.33. The summed E-state index contributed by atoms with van der Waals surface area (Å²) in [6.45, 7) is 2.97. The summed E-state index contributed by atoms with van der Waals surface area (Å²) in [4.78, 5) is 14.0. The maximum Gasteiger partial charge on any atom is 0.435 e. The van der Waals surface area contributed by atoms with Crippen molar-refractivity contribution in [1.29, 1.82) is 0 Å². The maximum atomic E-state index is 12.4. The van der Waals surface area contributed by atoms with Crippen molar-refractivity contribution < 1.29 is 22.7 Å². The third-order valence-corrected chi connectivity index (χ3v) is 2.41. The van der Waals surface area contributed by atoms with Crippen molar-refractivity contribution in [2.24, 2.45) is 0 Å². The van der Waals surface area contributed by atoms with Gasteiger partial charge in [-0.05, 0) is 13.8 Å². The van der Waals surface area contributed by atoms with E-state index in [1.54, 1.807) is 0 Å². The Balaban J connectivity index is 3.12. The van der Waals surface area contributed by atoms with E-state index in [0.29, 0.717) is 11.3 Å². The van der Waals surface area contributed by atoms with Crippen LogP contribution in [0.5, 0.6) is 0 Å². The summed E-state index contributed by atoms with van der Waals surface area (Å²) in [6.07, 6.45) is -4.62. The zero-order valence-corrected chi connectivity index (χ0v) is 8.83. The number of carbonyl (C=O) groups excluding carboxylic acids is 1. The van der Waals surface area contributed by atoms with Crippen LogP contribution in [0.2, 0.25) is 0 Å². The molecule has 0 amide bonds. The molecule has 0 radical (unpaired) electrons. The topological polar surface area (TPSA) is 39.2 Å². The van der Waals surface area contributed by atoms with Crippen LogP contribution in [0.4, 0.5) is 13.2 Å². The van der Waals surface area contributed by atoms with E-state index in [1.807, 2.05) is 0 Å². The first-order valence-corrected chi connectivity index (χ1v) is 4.89. The van der Waals surface area contributed by atoms with Crippen LogP contribution in [-0.2, 0) is 10.9 Å². The normalized spacial score (nSPS) is 11.5. The van der Waals surface area contributed by atoms with Crippen LogP contribution in [0.15, 0.2) is 0 Å². The molecule has 0 saturated carbocycles. The second-order valence-electron chi connectivity index (χ2n) is 2.63. The Morgan fingerprint density at radius 1 is 1.53 bits per heavy atom. The number of aromatic nitrogens is 1. The molecule has 7 heteroatoms. The van der Waals surface area contributed by atoms with Gasteiger partial charge >= 0.3 is 12.1 Å². The summed E-state index contributed by atoms with van der Waals surface area (Å²) >= 11 is 0.684. The van der Waals surface area contributed by atoms with Crippen molar-refractivity contribution in [2.75, 3.05) is 6.61 Å². The van der Waals surface area contributed by atoms with Crippen LogP contribution >= 0.6 is 11.3 Å². The molecule has 1 aromatic heterocycles. The highest BCUT2D eigenvalue weighted by Gasteiger charge is 2.39. The molecule has 1 aromatic rings. The average molecular weight is 239 g/mol. The third kappa shape index (κ3) is 2.68. The fourth-order valence-electron chi connectivity index (χ4n) is 0.954. The van der Waals surface area contributed by atoms with Gasteiger partial charge in [0.15, 0.2) is 5.69 Å².